The number of hydrogen-bond acceptors (Lipinski definition) is 2. The third-order valence-corrected chi connectivity index (χ3v) is 2.01. The Kier molecular flexibility index (Phi) is 2.40. The lowest BCUT2D eigenvalue weighted by Gasteiger charge is -2.16. The maximum Gasteiger partial charge on any atom is 0.407 e. The molecule has 12 heavy (non-hydrogen) atoms. The van der Waals surface area contributed by atoms with E-state index in [1.165, 1.54) is 4.90 Å². The summed E-state index contributed by atoms with van der Waals surface area (Å²) in [5.41, 5.74) is 8.13. The zero-order valence-electron chi connectivity index (χ0n) is 6.71. The van der Waals surface area contributed by atoms with E-state index in [9.17, 15) is 4.79 Å². The van der Waals surface area contributed by atoms with Gasteiger partial charge in [-0.05, 0) is 18.9 Å². The van der Waals surface area contributed by atoms with E-state index in [1.807, 2.05) is 0 Å². The standard InChI is InChI=1S/C6H10N4O2/c1-4-2-5(8-9-7)3-10(4)6(11)12/h4-5H,2-3H2,1H3,(H,11,12)/t4-,5+/m1/s1. The molecule has 0 bridgehead atoms. The van der Waals surface area contributed by atoms with Crippen molar-refractivity contribution >= 4 is 6.09 Å². The van der Waals surface area contributed by atoms with Crippen LogP contribution in [0.25, 0.3) is 10.4 Å². The van der Waals surface area contributed by atoms with Crippen LogP contribution >= 0.6 is 0 Å². The first-order valence-corrected chi connectivity index (χ1v) is 3.69. The molecule has 1 saturated heterocycles. The molecule has 6 heteroatoms. The maximum absolute atomic E-state index is 10.6. The van der Waals surface area contributed by atoms with Gasteiger partial charge in [-0.1, -0.05) is 5.11 Å². The number of rotatable bonds is 1. The molecule has 0 unspecified atom stereocenters. The van der Waals surface area contributed by atoms with Crippen molar-refractivity contribution in [1.29, 1.82) is 0 Å². The van der Waals surface area contributed by atoms with Crippen LogP contribution in [-0.2, 0) is 0 Å². The molecule has 1 N–H and O–H groups in total. The Labute approximate surface area is 69.4 Å². The number of carbonyl (C=O) groups is 1. The molecule has 0 spiro atoms. The summed E-state index contributed by atoms with van der Waals surface area (Å²) in [5, 5.41) is 12.1. The molecule has 1 aliphatic rings. The average molecular weight is 170 g/mol. The van der Waals surface area contributed by atoms with Gasteiger partial charge in [-0.3, -0.25) is 0 Å². The van der Waals surface area contributed by atoms with Crippen LogP contribution in [0.4, 0.5) is 4.79 Å². The fraction of sp³-hybridized carbons (Fsp3) is 0.833. The van der Waals surface area contributed by atoms with Crippen molar-refractivity contribution in [2.45, 2.75) is 25.4 Å². The molecule has 1 heterocycles. The van der Waals surface area contributed by atoms with Crippen molar-refractivity contribution in [2.75, 3.05) is 6.54 Å². The molecule has 0 saturated carbocycles. The maximum atomic E-state index is 10.6. The van der Waals surface area contributed by atoms with E-state index in [0.717, 1.165) is 0 Å². The van der Waals surface area contributed by atoms with E-state index in [4.69, 9.17) is 10.6 Å². The summed E-state index contributed by atoms with van der Waals surface area (Å²) in [7, 11) is 0. The minimum atomic E-state index is -0.946. The first-order chi connectivity index (χ1) is 5.65. The number of likely N-dealkylation sites (tertiary alicyclic amines) is 1. The number of azide groups is 1. The monoisotopic (exact) mass is 170 g/mol. The number of carboxylic acid groups (broad SMARTS) is 1. The Hall–Kier alpha value is -1.42. The van der Waals surface area contributed by atoms with Crippen LogP contribution < -0.4 is 0 Å². The predicted molar refractivity (Wildman–Crippen MR) is 41.7 cm³/mol. The normalized spacial score (nSPS) is 28.2. The second-order valence-electron chi connectivity index (χ2n) is 2.88. The fourth-order valence-corrected chi connectivity index (χ4v) is 1.43. The third-order valence-electron chi connectivity index (χ3n) is 2.01. The molecule has 1 amide bonds. The van der Waals surface area contributed by atoms with E-state index < -0.39 is 6.09 Å². The lowest BCUT2D eigenvalue weighted by Crippen LogP contribution is -2.32. The van der Waals surface area contributed by atoms with Gasteiger partial charge in [0.15, 0.2) is 0 Å². The predicted octanol–water partition coefficient (Wildman–Crippen LogP) is 1.44. The number of hydrogen-bond donors (Lipinski definition) is 1. The van der Waals surface area contributed by atoms with Crippen molar-refractivity contribution < 1.29 is 9.90 Å². The van der Waals surface area contributed by atoms with Crippen LogP contribution in [0.3, 0.4) is 0 Å². The van der Waals surface area contributed by atoms with E-state index in [1.54, 1.807) is 6.92 Å². The Balaban J connectivity index is 2.61. The fourth-order valence-electron chi connectivity index (χ4n) is 1.43. The number of amides is 1. The zero-order valence-corrected chi connectivity index (χ0v) is 6.71. The molecule has 0 aromatic rings. The highest BCUT2D eigenvalue weighted by Gasteiger charge is 2.31. The molecule has 0 aromatic heterocycles. The van der Waals surface area contributed by atoms with Crippen LogP contribution in [0.5, 0.6) is 0 Å². The molecule has 6 nitrogen and oxygen atoms in total. The van der Waals surface area contributed by atoms with Gasteiger partial charge in [-0.25, -0.2) is 4.79 Å². The van der Waals surface area contributed by atoms with E-state index in [-0.39, 0.29) is 12.1 Å². The van der Waals surface area contributed by atoms with Crippen molar-refractivity contribution in [2.24, 2.45) is 5.11 Å². The highest BCUT2D eigenvalue weighted by Crippen LogP contribution is 2.19. The van der Waals surface area contributed by atoms with Crippen LogP contribution in [0.1, 0.15) is 13.3 Å². The van der Waals surface area contributed by atoms with Gasteiger partial charge >= 0.3 is 6.09 Å². The summed E-state index contributed by atoms with van der Waals surface area (Å²) in [6, 6.07) is -0.237. The van der Waals surface area contributed by atoms with Gasteiger partial charge in [-0.2, -0.15) is 0 Å². The van der Waals surface area contributed by atoms with Gasteiger partial charge in [0.1, 0.15) is 0 Å². The summed E-state index contributed by atoms with van der Waals surface area (Å²) >= 11 is 0. The first-order valence-electron chi connectivity index (χ1n) is 3.69. The second kappa shape index (κ2) is 3.32. The molecule has 1 fully saturated rings. The van der Waals surface area contributed by atoms with Crippen LogP contribution in [0, 0.1) is 0 Å². The minimum Gasteiger partial charge on any atom is -0.465 e. The van der Waals surface area contributed by atoms with Crippen molar-refractivity contribution in [3.05, 3.63) is 10.4 Å². The molecule has 0 aliphatic carbocycles. The lowest BCUT2D eigenvalue weighted by atomic mass is 10.2. The summed E-state index contributed by atoms with van der Waals surface area (Å²) < 4.78 is 0. The Bertz CT molecular complexity index is 236. The lowest BCUT2D eigenvalue weighted by molar-refractivity contribution is 0.143. The summed E-state index contributed by atoms with van der Waals surface area (Å²) in [4.78, 5) is 14.5. The van der Waals surface area contributed by atoms with Crippen molar-refractivity contribution in [3.8, 4) is 0 Å². The minimum absolute atomic E-state index is 0.0435. The summed E-state index contributed by atoms with van der Waals surface area (Å²) in [5.74, 6) is 0. The molecule has 66 valence electrons. The second-order valence-corrected chi connectivity index (χ2v) is 2.88. The quantitative estimate of drug-likeness (QED) is 0.366. The van der Waals surface area contributed by atoms with Gasteiger partial charge in [0.2, 0.25) is 0 Å². The molecular weight excluding hydrogens is 160 g/mol. The van der Waals surface area contributed by atoms with E-state index in [2.05, 4.69) is 10.0 Å². The smallest absolute Gasteiger partial charge is 0.407 e. The third kappa shape index (κ3) is 1.60. The molecule has 2 atom stereocenters. The van der Waals surface area contributed by atoms with Gasteiger partial charge in [-0.15, -0.1) is 0 Å². The zero-order chi connectivity index (χ0) is 9.14. The Morgan fingerprint density at radius 2 is 2.50 bits per heavy atom. The van der Waals surface area contributed by atoms with E-state index >= 15 is 0 Å². The van der Waals surface area contributed by atoms with Crippen LogP contribution in [0.2, 0.25) is 0 Å². The topological polar surface area (TPSA) is 89.3 Å². The first kappa shape index (κ1) is 8.67. The van der Waals surface area contributed by atoms with Crippen molar-refractivity contribution in [3.63, 3.8) is 0 Å². The Morgan fingerprint density at radius 1 is 1.83 bits per heavy atom. The number of nitrogens with zero attached hydrogens (tertiary/aromatic N) is 4. The highest BCUT2D eigenvalue weighted by molar-refractivity contribution is 5.65. The Morgan fingerprint density at radius 3 is 2.92 bits per heavy atom. The van der Waals surface area contributed by atoms with Gasteiger partial charge < -0.3 is 10.0 Å². The molecule has 1 aliphatic heterocycles. The van der Waals surface area contributed by atoms with Gasteiger partial charge in [0.05, 0.1) is 6.04 Å². The summed E-state index contributed by atoms with van der Waals surface area (Å²) in [6.45, 7) is 2.13. The van der Waals surface area contributed by atoms with Gasteiger partial charge in [0, 0.05) is 17.5 Å². The SMILES string of the molecule is C[C@@H]1C[C@H](N=[N+]=[N-])CN1C(=O)O. The molecule has 0 radical (unpaired) electrons. The molecular formula is C6H10N4O2. The van der Waals surface area contributed by atoms with Gasteiger partial charge in [0.25, 0.3) is 0 Å². The van der Waals surface area contributed by atoms with Crippen LogP contribution in [0.15, 0.2) is 5.11 Å². The van der Waals surface area contributed by atoms with Crippen LogP contribution in [-0.4, -0.2) is 34.7 Å². The van der Waals surface area contributed by atoms with Crippen molar-refractivity contribution in [1.82, 2.24) is 4.90 Å². The largest absolute Gasteiger partial charge is 0.465 e. The summed E-state index contributed by atoms with van der Waals surface area (Å²) in [6.07, 6.45) is -0.325. The average Bonchev–Trinajstić information content (AvgIpc) is 2.32. The van der Waals surface area contributed by atoms with E-state index in [0.29, 0.717) is 13.0 Å². The molecule has 0 aromatic carbocycles. The highest BCUT2D eigenvalue weighted by atomic mass is 16.4. The molecule has 1 rings (SSSR count).